The minimum atomic E-state index is -0.871. The number of pyridine rings is 1. The summed E-state index contributed by atoms with van der Waals surface area (Å²) in [5, 5.41) is 5.25. The fraction of sp³-hybridized carbons (Fsp3) is 0.452. The number of aromatic nitrogens is 3. The van der Waals surface area contributed by atoms with Crippen LogP contribution in [-0.2, 0) is 0 Å². The molecule has 4 saturated heterocycles. The van der Waals surface area contributed by atoms with E-state index in [1.165, 1.54) is 0 Å². The molecule has 0 spiro atoms. The van der Waals surface area contributed by atoms with E-state index in [4.69, 9.17) is 27.1 Å². The van der Waals surface area contributed by atoms with Gasteiger partial charge in [-0.05, 0) is 50.4 Å². The third kappa shape index (κ3) is 4.26. The minimum absolute atomic E-state index is 0.0966. The molecule has 2 aromatic heterocycles. The second-order valence-electron chi connectivity index (χ2n) is 12.3. The molecule has 3 N–H and O–H groups in total. The van der Waals surface area contributed by atoms with Gasteiger partial charge in [-0.1, -0.05) is 29.8 Å². The molecule has 8 nitrogen and oxygen atoms in total. The summed E-state index contributed by atoms with van der Waals surface area (Å²) in [6.07, 6.45) is 3.60. The van der Waals surface area contributed by atoms with E-state index >= 15 is 4.39 Å². The molecule has 11 heteroatoms. The van der Waals surface area contributed by atoms with Crippen molar-refractivity contribution in [3.63, 3.8) is 0 Å². The van der Waals surface area contributed by atoms with E-state index in [9.17, 15) is 4.39 Å². The van der Waals surface area contributed by atoms with Crippen LogP contribution in [0.25, 0.3) is 32.9 Å². The molecule has 2 aromatic carbocycles. The normalized spacial score (nSPS) is 27.3. The number of hydrogen-bond acceptors (Lipinski definition) is 8. The SMILES string of the molecule is Nc1ccc2cccc(-c3c(Cl)cc4c(N5CC6CCC(C5)N6)nc(OC[C@@]56CCCN5C[C@H](F)C6)nc4c3F)c2n1. The summed E-state index contributed by atoms with van der Waals surface area (Å²) in [6, 6.07) is 11.7. The highest BCUT2D eigenvalue weighted by atomic mass is 35.5. The molecule has 0 saturated carbocycles. The topological polar surface area (TPSA) is 92.4 Å². The van der Waals surface area contributed by atoms with Crippen LogP contribution in [-0.4, -0.2) is 76.4 Å². The molecule has 4 fully saturated rings. The summed E-state index contributed by atoms with van der Waals surface area (Å²) in [6.45, 7) is 3.04. The Morgan fingerprint density at radius 1 is 1.07 bits per heavy atom. The molecule has 6 heterocycles. The Hall–Kier alpha value is -3.34. The third-order valence-corrected chi connectivity index (χ3v) is 9.90. The number of nitrogens with two attached hydrogens (primary N) is 1. The lowest BCUT2D eigenvalue weighted by Gasteiger charge is -2.34. The Labute approximate surface area is 247 Å². The van der Waals surface area contributed by atoms with Crippen LogP contribution in [0.5, 0.6) is 6.01 Å². The molecule has 4 aliphatic heterocycles. The van der Waals surface area contributed by atoms with Gasteiger partial charge in [0, 0.05) is 60.0 Å². The quantitative estimate of drug-likeness (QED) is 0.331. The molecule has 42 heavy (non-hydrogen) atoms. The van der Waals surface area contributed by atoms with Crippen LogP contribution in [0.15, 0.2) is 36.4 Å². The van der Waals surface area contributed by atoms with Crippen LogP contribution < -0.4 is 20.7 Å². The van der Waals surface area contributed by atoms with Crippen molar-refractivity contribution in [2.45, 2.75) is 55.9 Å². The van der Waals surface area contributed by atoms with Gasteiger partial charge in [-0.2, -0.15) is 9.97 Å². The van der Waals surface area contributed by atoms with Crippen LogP contribution in [0, 0.1) is 5.82 Å². The summed E-state index contributed by atoms with van der Waals surface area (Å²) in [5.41, 5.74) is 7.07. The first-order valence-corrected chi connectivity index (χ1v) is 15.1. The molecule has 2 bridgehead atoms. The first-order valence-electron chi connectivity index (χ1n) is 14.8. The second kappa shape index (κ2) is 9.86. The van der Waals surface area contributed by atoms with Crippen molar-refractivity contribution < 1.29 is 13.5 Å². The monoisotopic (exact) mass is 591 g/mol. The van der Waals surface area contributed by atoms with Crippen molar-refractivity contribution in [3.8, 4) is 17.1 Å². The Morgan fingerprint density at radius 3 is 2.74 bits per heavy atom. The summed E-state index contributed by atoms with van der Waals surface area (Å²) < 4.78 is 37.5. The Balaban J connectivity index is 1.27. The predicted molar refractivity (Wildman–Crippen MR) is 160 cm³/mol. The highest BCUT2D eigenvalue weighted by Gasteiger charge is 2.49. The van der Waals surface area contributed by atoms with Gasteiger partial charge >= 0.3 is 6.01 Å². The summed E-state index contributed by atoms with van der Waals surface area (Å²) in [7, 11) is 0. The zero-order valence-electron chi connectivity index (χ0n) is 23.1. The Morgan fingerprint density at radius 2 is 1.90 bits per heavy atom. The smallest absolute Gasteiger partial charge is 0.319 e. The van der Waals surface area contributed by atoms with Crippen molar-refractivity contribution in [1.82, 2.24) is 25.2 Å². The van der Waals surface area contributed by atoms with E-state index in [1.807, 2.05) is 18.2 Å². The first-order chi connectivity index (χ1) is 20.4. The number of nitrogens with one attached hydrogen (secondary N) is 1. The largest absolute Gasteiger partial charge is 0.461 e. The molecule has 2 unspecified atom stereocenters. The fourth-order valence-electron chi connectivity index (χ4n) is 7.69. The van der Waals surface area contributed by atoms with Gasteiger partial charge in [-0.3, -0.25) is 4.90 Å². The van der Waals surface area contributed by atoms with Crippen LogP contribution in [0.1, 0.15) is 32.1 Å². The van der Waals surface area contributed by atoms with E-state index in [-0.39, 0.29) is 34.3 Å². The van der Waals surface area contributed by atoms with Crippen LogP contribution in [0.4, 0.5) is 20.4 Å². The van der Waals surface area contributed by atoms with Crippen molar-refractivity contribution >= 4 is 45.0 Å². The number of fused-ring (bicyclic) bond motifs is 5. The maximum absolute atomic E-state index is 16.8. The van der Waals surface area contributed by atoms with Gasteiger partial charge in [-0.15, -0.1) is 0 Å². The summed E-state index contributed by atoms with van der Waals surface area (Å²) >= 11 is 6.87. The lowest BCUT2D eigenvalue weighted by atomic mass is 9.95. The molecule has 0 radical (unpaired) electrons. The van der Waals surface area contributed by atoms with Crippen LogP contribution in [0.2, 0.25) is 5.02 Å². The van der Waals surface area contributed by atoms with Gasteiger partial charge in [0.1, 0.15) is 29.9 Å². The minimum Gasteiger partial charge on any atom is -0.461 e. The van der Waals surface area contributed by atoms with E-state index in [0.29, 0.717) is 53.2 Å². The number of anilines is 2. The van der Waals surface area contributed by atoms with Gasteiger partial charge in [-0.25, -0.2) is 13.8 Å². The number of rotatable bonds is 5. The van der Waals surface area contributed by atoms with Gasteiger partial charge < -0.3 is 20.7 Å². The number of nitrogen functional groups attached to an aromatic ring is 1. The van der Waals surface area contributed by atoms with E-state index in [0.717, 1.165) is 50.7 Å². The second-order valence-corrected chi connectivity index (χ2v) is 12.7. The highest BCUT2D eigenvalue weighted by Crippen LogP contribution is 2.43. The van der Waals surface area contributed by atoms with Crippen LogP contribution in [0.3, 0.4) is 0 Å². The number of nitrogens with zero attached hydrogens (tertiary/aromatic N) is 5. The van der Waals surface area contributed by atoms with Crippen molar-refractivity contribution in [3.05, 3.63) is 47.2 Å². The number of piperazine rings is 1. The van der Waals surface area contributed by atoms with E-state index < -0.39 is 12.0 Å². The van der Waals surface area contributed by atoms with Gasteiger partial charge in [0.25, 0.3) is 0 Å². The van der Waals surface area contributed by atoms with Crippen molar-refractivity contribution in [1.29, 1.82) is 0 Å². The third-order valence-electron chi connectivity index (χ3n) is 9.60. The Kier molecular flexibility index (Phi) is 6.17. The first kappa shape index (κ1) is 26.3. The maximum atomic E-state index is 16.8. The number of ether oxygens (including phenoxy) is 1. The number of benzene rings is 2. The van der Waals surface area contributed by atoms with Gasteiger partial charge in [0.15, 0.2) is 5.82 Å². The lowest BCUT2D eigenvalue weighted by molar-refractivity contribution is 0.107. The molecule has 0 aliphatic carbocycles. The molecule has 4 aliphatic rings. The molecule has 0 amide bonds. The molecular weight excluding hydrogens is 560 g/mol. The standard InChI is InChI=1S/C31H32ClF2N7O/c32-23-11-22-28(26(34)25(23)21-4-1-3-17-5-8-24(35)37-27(17)21)38-30(39-29(22)40-14-19-6-7-20(15-40)36-19)42-16-31-9-2-10-41(31)13-18(33)12-31/h1,3-5,8,11,18-20,36H,2,6-7,9-10,12-16H2,(H2,35,37)/t18-,19?,20?,31+/m1/s1. The summed E-state index contributed by atoms with van der Waals surface area (Å²) in [4.78, 5) is 18.4. The lowest BCUT2D eigenvalue weighted by Crippen LogP contribution is -2.51. The van der Waals surface area contributed by atoms with Crippen LogP contribution >= 0.6 is 11.6 Å². The average Bonchev–Trinajstić information content (AvgIpc) is 3.62. The number of alkyl halides is 1. The number of halogens is 3. The van der Waals surface area contributed by atoms with E-state index in [2.05, 4.69) is 25.1 Å². The van der Waals surface area contributed by atoms with Gasteiger partial charge in [0.2, 0.25) is 0 Å². The number of hydrogen-bond donors (Lipinski definition) is 2. The van der Waals surface area contributed by atoms with Gasteiger partial charge in [0.05, 0.1) is 16.1 Å². The average molecular weight is 592 g/mol. The maximum Gasteiger partial charge on any atom is 0.319 e. The molecule has 218 valence electrons. The predicted octanol–water partition coefficient (Wildman–Crippen LogP) is 5.12. The molecule has 4 aromatic rings. The zero-order valence-corrected chi connectivity index (χ0v) is 23.9. The molecule has 8 rings (SSSR count). The zero-order chi connectivity index (χ0) is 28.6. The highest BCUT2D eigenvalue weighted by molar-refractivity contribution is 6.35. The Bertz CT molecular complexity index is 1710. The fourth-order valence-corrected chi connectivity index (χ4v) is 7.99. The van der Waals surface area contributed by atoms with Crippen molar-refractivity contribution in [2.24, 2.45) is 0 Å². The van der Waals surface area contributed by atoms with Crippen molar-refractivity contribution in [2.75, 3.05) is 43.4 Å². The summed E-state index contributed by atoms with van der Waals surface area (Å²) in [5.74, 6) is 0.381. The number of para-hydroxylation sites is 1. The van der Waals surface area contributed by atoms with E-state index in [1.54, 1.807) is 18.2 Å². The molecule has 4 atom stereocenters. The molecular formula is C31H32ClF2N7O.